The molecule has 2 aromatic rings. The molecule has 2 rings (SSSR count). The van der Waals surface area contributed by atoms with Crippen molar-refractivity contribution < 1.29 is 18.9 Å². The summed E-state index contributed by atoms with van der Waals surface area (Å²) in [6, 6.07) is 15.4. The largest absolute Gasteiger partial charge is 0.422 e. The Kier molecular flexibility index (Phi) is 8.06. The molecule has 0 saturated heterocycles. The second-order valence-electron chi connectivity index (χ2n) is 6.66. The fraction of sp³-hybridized carbons (Fsp3) is 0.174. The van der Waals surface area contributed by atoms with Crippen LogP contribution in [0.2, 0.25) is 0 Å². The molecule has 0 aliphatic carbocycles. The van der Waals surface area contributed by atoms with E-state index in [2.05, 4.69) is 13.2 Å². The molecular formula is C23H25N2O4+. The van der Waals surface area contributed by atoms with E-state index in [9.17, 15) is 14.9 Å². The molecule has 2 aromatic carbocycles. The zero-order valence-electron chi connectivity index (χ0n) is 16.3. The smallest absolute Gasteiger partial charge is 0.367 e. The monoisotopic (exact) mass is 393 g/mol. The van der Waals surface area contributed by atoms with Gasteiger partial charge in [-0.25, -0.2) is 4.79 Å². The number of quaternary nitrogens is 1. The van der Waals surface area contributed by atoms with Gasteiger partial charge in [-0.1, -0.05) is 49.6 Å². The number of rotatable bonds is 11. The highest BCUT2D eigenvalue weighted by atomic mass is 16.6. The minimum atomic E-state index is -0.499. The Morgan fingerprint density at radius 2 is 1.62 bits per heavy atom. The molecule has 0 N–H and O–H groups in total. The molecule has 0 bridgehead atoms. The second-order valence-corrected chi connectivity index (χ2v) is 6.66. The Balaban J connectivity index is 2.10. The second kappa shape index (κ2) is 10.7. The lowest BCUT2D eigenvalue weighted by atomic mass is 10.2. The number of hydrogen-bond acceptors (Lipinski definition) is 4. The third-order valence-electron chi connectivity index (χ3n) is 4.38. The molecule has 29 heavy (non-hydrogen) atoms. The molecule has 0 atom stereocenters. The van der Waals surface area contributed by atoms with Gasteiger partial charge in [-0.3, -0.25) is 10.1 Å². The van der Waals surface area contributed by atoms with Crippen molar-refractivity contribution in [3.8, 4) is 5.75 Å². The molecule has 6 nitrogen and oxygen atoms in total. The van der Waals surface area contributed by atoms with Crippen LogP contribution in [0.1, 0.15) is 5.56 Å². The highest BCUT2D eigenvalue weighted by Crippen LogP contribution is 2.18. The van der Waals surface area contributed by atoms with E-state index in [1.165, 1.54) is 24.3 Å². The summed E-state index contributed by atoms with van der Waals surface area (Å²) in [5.41, 5.74) is 1.02. The number of benzene rings is 2. The zero-order valence-corrected chi connectivity index (χ0v) is 16.3. The number of non-ortho nitro benzene ring substituents is 1. The first-order valence-electron chi connectivity index (χ1n) is 9.21. The predicted molar refractivity (Wildman–Crippen MR) is 114 cm³/mol. The van der Waals surface area contributed by atoms with Crippen LogP contribution in [-0.2, 0) is 4.79 Å². The predicted octanol–water partition coefficient (Wildman–Crippen LogP) is 4.40. The van der Waals surface area contributed by atoms with E-state index in [0.717, 1.165) is 5.56 Å². The lowest BCUT2D eigenvalue weighted by Crippen LogP contribution is -2.52. The highest BCUT2D eigenvalue weighted by molar-refractivity contribution is 5.73. The Labute approximate surface area is 170 Å². The van der Waals surface area contributed by atoms with Crippen LogP contribution >= 0.6 is 0 Å². The Bertz CT molecular complexity index is 864. The van der Waals surface area contributed by atoms with E-state index in [4.69, 9.17) is 4.74 Å². The average Bonchev–Trinajstić information content (AvgIpc) is 2.69. The summed E-state index contributed by atoms with van der Waals surface area (Å²) in [4.78, 5) is 22.8. The van der Waals surface area contributed by atoms with Gasteiger partial charge in [0.25, 0.3) is 5.69 Å². The molecule has 0 spiro atoms. The number of carbonyl (C=O) groups is 1. The molecule has 150 valence electrons. The minimum Gasteiger partial charge on any atom is -0.422 e. The summed E-state index contributed by atoms with van der Waals surface area (Å²) in [6.07, 6.45) is 7.60. The summed E-state index contributed by atoms with van der Waals surface area (Å²) in [5.74, 6) is -0.147. The van der Waals surface area contributed by atoms with Crippen LogP contribution in [0.5, 0.6) is 5.75 Å². The van der Waals surface area contributed by atoms with Gasteiger partial charge in [-0.15, -0.1) is 0 Å². The van der Waals surface area contributed by atoms with Crippen molar-refractivity contribution in [3.05, 3.63) is 102 Å². The summed E-state index contributed by atoms with van der Waals surface area (Å²) in [6.45, 7) is 9.50. The number of nitro benzene ring substituents is 1. The van der Waals surface area contributed by atoms with Crippen molar-refractivity contribution >= 4 is 17.7 Å². The summed E-state index contributed by atoms with van der Waals surface area (Å²) in [7, 11) is 0. The fourth-order valence-electron chi connectivity index (χ4n) is 3.02. The van der Waals surface area contributed by atoms with Gasteiger partial charge < -0.3 is 9.22 Å². The molecule has 6 heteroatoms. The van der Waals surface area contributed by atoms with Crippen molar-refractivity contribution in [3.63, 3.8) is 0 Å². The summed E-state index contributed by atoms with van der Waals surface area (Å²) >= 11 is 0. The fourth-order valence-corrected chi connectivity index (χ4v) is 3.02. The molecule has 0 fully saturated rings. The quantitative estimate of drug-likeness (QED) is 0.142. The number of esters is 1. The van der Waals surface area contributed by atoms with Crippen LogP contribution < -0.4 is 4.74 Å². The van der Waals surface area contributed by atoms with Gasteiger partial charge >= 0.3 is 5.97 Å². The van der Waals surface area contributed by atoms with Crippen molar-refractivity contribution in [2.75, 3.05) is 26.2 Å². The Morgan fingerprint density at radius 1 is 1.00 bits per heavy atom. The standard InChI is InChI=1S/C23H25N2O4/c1-3-16-25(17-4-2,18-8-11-20-9-6-5-7-10-20)19-23(26)29-22-14-12-21(13-15-22)24(27)28/h3-15H,1-2,16-19H2/q+1/b11-8+. The SMILES string of the molecule is C=CC[N+](CC=C)(C/C=C/c1ccccc1)CC(=O)Oc1ccc([N+](=O)[O-])cc1. The van der Waals surface area contributed by atoms with E-state index in [1.807, 2.05) is 42.5 Å². The number of hydrogen-bond donors (Lipinski definition) is 0. The lowest BCUT2D eigenvalue weighted by Gasteiger charge is -2.35. The van der Waals surface area contributed by atoms with Crippen LogP contribution in [0.3, 0.4) is 0 Å². The van der Waals surface area contributed by atoms with Crippen LogP contribution in [-0.4, -0.2) is 41.6 Å². The van der Waals surface area contributed by atoms with Crippen LogP contribution in [0.15, 0.2) is 86.0 Å². The third kappa shape index (κ3) is 6.86. The van der Waals surface area contributed by atoms with E-state index >= 15 is 0 Å². The number of carbonyl (C=O) groups excluding carboxylic acids is 1. The minimum absolute atomic E-state index is 0.0562. The van der Waals surface area contributed by atoms with Gasteiger partial charge in [0, 0.05) is 12.1 Å². The molecule has 0 aliphatic heterocycles. The first-order chi connectivity index (χ1) is 14.0. The summed E-state index contributed by atoms with van der Waals surface area (Å²) < 4.78 is 5.78. The molecule has 0 aromatic heterocycles. The van der Waals surface area contributed by atoms with Crippen LogP contribution in [0.25, 0.3) is 6.08 Å². The van der Waals surface area contributed by atoms with Gasteiger partial charge in [0.1, 0.15) is 5.75 Å². The van der Waals surface area contributed by atoms with Crippen molar-refractivity contribution in [1.82, 2.24) is 0 Å². The van der Waals surface area contributed by atoms with E-state index in [0.29, 0.717) is 24.1 Å². The number of ether oxygens (including phenoxy) is 1. The molecule has 0 heterocycles. The van der Waals surface area contributed by atoms with Crippen LogP contribution in [0, 0.1) is 10.1 Å². The third-order valence-corrected chi connectivity index (χ3v) is 4.38. The van der Waals surface area contributed by atoms with E-state index < -0.39 is 10.9 Å². The van der Waals surface area contributed by atoms with Gasteiger partial charge in [-0.2, -0.15) is 0 Å². The van der Waals surface area contributed by atoms with Crippen molar-refractivity contribution in [2.24, 2.45) is 0 Å². The average molecular weight is 393 g/mol. The zero-order chi connectivity index (χ0) is 21.1. The van der Waals surface area contributed by atoms with Crippen molar-refractivity contribution in [2.45, 2.75) is 0 Å². The van der Waals surface area contributed by atoms with Crippen LogP contribution in [0.4, 0.5) is 5.69 Å². The number of nitro groups is 1. The van der Waals surface area contributed by atoms with Gasteiger partial charge in [0.05, 0.1) is 24.6 Å². The molecule has 0 aliphatic rings. The Morgan fingerprint density at radius 3 is 2.17 bits per heavy atom. The molecule has 0 unspecified atom stereocenters. The van der Waals surface area contributed by atoms with E-state index in [-0.39, 0.29) is 18.0 Å². The summed E-state index contributed by atoms with van der Waals surface area (Å²) in [5, 5.41) is 10.7. The normalized spacial score (nSPS) is 11.2. The van der Waals surface area contributed by atoms with Gasteiger partial charge in [-0.05, 0) is 35.9 Å². The van der Waals surface area contributed by atoms with E-state index in [1.54, 1.807) is 12.2 Å². The highest BCUT2D eigenvalue weighted by Gasteiger charge is 2.28. The number of nitrogens with zero attached hydrogens (tertiary/aromatic N) is 2. The lowest BCUT2D eigenvalue weighted by molar-refractivity contribution is -0.904. The molecule has 0 radical (unpaired) electrons. The maximum absolute atomic E-state index is 12.6. The molecule has 0 saturated carbocycles. The van der Waals surface area contributed by atoms with Gasteiger partial charge in [0.2, 0.25) is 0 Å². The first-order valence-corrected chi connectivity index (χ1v) is 9.21. The maximum Gasteiger partial charge on any atom is 0.367 e. The maximum atomic E-state index is 12.6. The molecule has 0 amide bonds. The topological polar surface area (TPSA) is 69.4 Å². The van der Waals surface area contributed by atoms with Gasteiger partial charge in [0.15, 0.2) is 6.54 Å². The van der Waals surface area contributed by atoms with Crippen molar-refractivity contribution in [1.29, 1.82) is 0 Å². The molecular weight excluding hydrogens is 368 g/mol. The first kappa shape index (κ1) is 21.8. The Hall–Kier alpha value is -3.51.